The molecule has 2 aromatic carbocycles. The van der Waals surface area contributed by atoms with Gasteiger partial charge in [-0.3, -0.25) is 4.79 Å². The molecular weight excluding hydrogens is 403 g/mol. The molecule has 6 heteroatoms. The van der Waals surface area contributed by atoms with Gasteiger partial charge in [0.2, 0.25) is 0 Å². The molecule has 1 amide bonds. The molecule has 0 unspecified atom stereocenters. The summed E-state index contributed by atoms with van der Waals surface area (Å²) in [6.45, 7) is 11.0. The van der Waals surface area contributed by atoms with Gasteiger partial charge in [-0.2, -0.15) is 0 Å². The Labute approximate surface area is 188 Å². The van der Waals surface area contributed by atoms with Crippen LogP contribution in [0, 0.1) is 19.7 Å². The average molecular weight is 433 g/mol. The van der Waals surface area contributed by atoms with Crippen molar-refractivity contribution in [3.63, 3.8) is 0 Å². The number of anilines is 1. The Morgan fingerprint density at radius 1 is 0.906 bits per heavy atom. The largest absolute Gasteiger partial charge is 0.353 e. The van der Waals surface area contributed by atoms with E-state index in [1.807, 2.05) is 11.8 Å². The lowest BCUT2D eigenvalue weighted by atomic mass is 10.0. The van der Waals surface area contributed by atoms with Crippen molar-refractivity contribution in [2.45, 2.75) is 33.6 Å². The Hall–Kier alpha value is -3.28. The second kappa shape index (κ2) is 9.07. The maximum Gasteiger partial charge on any atom is 0.253 e. The van der Waals surface area contributed by atoms with Gasteiger partial charge in [0.25, 0.3) is 5.91 Å². The highest BCUT2D eigenvalue weighted by Gasteiger charge is 2.26. The van der Waals surface area contributed by atoms with Gasteiger partial charge in [-0.15, -0.1) is 0 Å². The monoisotopic (exact) mass is 432 g/mol. The molecular formula is C26H29FN4O. The first-order valence-electron chi connectivity index (χ1n) is 11.1. The van der Waals surface area contributed by atoms with Crippen LogP contribution < -0.4 is 4.90 Å². The first kappa shape index (κ1) is 21.9. The van der Waals surface area contributed by atoms with Crippen molar-refractivity contribution < 1.29 is 9.18 Å². The summed E-state index contributed by atoms with van der Waals surface area (Å²) in [5, 5.41) is 0. The lowest BCUT2D eigenvalue weighted by Crippen LogP contribution is -2.49. The Morgan fingerprint density at radius 3 is 2.12 bits per heavy atom. The van der Waals surface area contributed by atoms with Crippen molar-refractivity contribution in [1.29, 1.82) is 0 Å². The lowest BCUT2D eigenvalue weighted by molar-refractivity contribution is 0.0746. The molecule has 0 N–H and O–H groups in total. The number of amides is 1. The van der Waals surface area contributed by atoms with Crippen LogP contribution >= 0.6 is 0 Å². The van der Waals surface area contributed by atoms with Crippen molar-refractivity contribution in [2.75, 3.05) is 31.1 Å². The van der Waals surface area contributed by atoms with Crippen LogP contribution in [0.15, 0.2) is 48.5 Å². The highest BCUT2D eigenvalue weighted by molar-refractivity contribution is 5.94. The predicted molar refractivity (Wildman–Crippen MR) is 126 cm³/mol. The number of benzene rings is 2. The van der Waals surface area contributed by atoms with Gasteiger partial charge in [-0.25, -0.2) is 14.4 Å². The third kappa shape index (κ3) is 4.49. The quantitative estimate of drug-likeness (QED) is 0.583. The highest BCUT2D eigenvalue weighted by Crippen LogP contribution is 2.31. The van der Waals surface area contributed by atoms with Crippen LogP contribution in [-0.2, 0) is 0 Å². The summed E-state index contributed by atoms with van der Waals surface area (Å²) < 4.78 is 13.2. The molecule has 3 aromatic rings. The molecule has 1 fully saturated rings. The first-order chi connectivity index (χ1) is 15.3. The molecule has 0 bridgehead atoms. The summed E-state index contributed by atoms with van der Waals surface area (Å²) in [6.07, 6.45) is 0. The van der Waals surface area contributed by atoms with E-state index in [9.17, 15) is 9.18 Å². The molecule has 0 atom stereocenters. The fraction of sp³-hybridized carbons (Fsp3) is 0.346. The Balaban J connectivity index is 1.58. The van der Waals surface area contributed by atoms with Crippen LogP contribution in [0.4, 0.5) is 10.2 Å². The van der Waals surface area contributed by atoms with Gasteiger partial charge in [-0.1, -0.05) is 43.7 Å². The SMILES string of the molecule is Cc1ccc(-c2nc(C)c(C(C)C)c(N3CCN(C(=O)c4ccc(F)cc4)CC3)n2)cc1. The minimum atomic E-state index is -0.337. The van der Waals surface area contributed by atoms with E-state index < -0.39 is 0 Å². The van der Waals surface area contributed by atoms with Gasteiger partial charge < -0.3 is 9.80 Å². The normalized spacial score (nSPS) is 14.2. The molecule has 2 heterocycles. The molecule has 166 valence electrons. The number of aryl methyl sites for hydroxylation is 2. The number of carbonyl (C=O) groups is 1. The number of piperazine rings is 1. The topological polar surface area (TPSA) is 49.3 Å². The zero-order valence-electron chi connectivity index (χ0n) is 19.1. The van der Waals surface area contributed by atoms with Crippen molar-refractivity contribution >= 4 is 11.7 Å². The second-order valence-electron chi connectivity index (χ2n) is 8.68. The molecule has 0 radical (unpaired) electrons. The van der Waals surface area contributed by atoms with E-state index in [0.717, 1.165) is 28.5 Å². The van der Waals surface area contributed by atoms with Crippen molar-refractivity contribution in [3.05, 3.63) is 76.7 Å². The van der Waals surface area contributed by atoms with E-state index in [4.69, 9.17) is 9.97 Å². The van der Waals surface area contributed by atoms with Gasteiger partial charge in [0.1, 0.15) is 11.6 Å². The molecule has 1 aliphatic heterocycles. The zero-order chi connectivity index (χ0) is 22.8. The van der Waals surface area contributed by atoms with Crippen LogP contribution in [0.1, 0.15) is 46.9 Å². The van der Waals surface area contributed by atoms with Crippen LogP contribution in [-0.4, -0.2) is 47.0 Å². The fourth-order valence-electron chi connectivity index (χ4n) is 4.21. The Bertz CT molecular complexity index is 1100. The van der Waals surface area contributed by atoms with Crippen LogP contribution in [0.2, 0.25) is 0 Å². The van der Waals surface area contributed by atoms with Crippen LogP contribution in [0.3, 0.4) is 0 Å². The number of carbonyl (C=O) groups excluding carboxylic acids is 1. The summed E-state index contributed by atoms with van der Waals surface area (Å²) in [5.74, 6) is 1.57. The van der Waals surface area contributed by atoms with Gasteiger partial charge in [0, 0.05) is 48.6 Å². The maximum atomic E-state index is 13.2. The molecule has 0 spiro atoms. The van der Waals surface area contributed by atoms with E-state index in [2.05, 4.69) is 49.9 Å². The molecule has 1 aromatic heterocycles. The van der Waals surface area contributed by atoms with E-state index in [1.165, 1.54) is 17.7 Å². The van der Waals surface area contributed by atoms with Gasteiger partial charge in [0.15, 0.2) is 5.82 Å². The number of hydrogen-bond acceptors (Lipinski definition) is 4. The highest BCUT2D eigenvalue weighted by atomic mass is 19.1. The third-order valence-corrected chi connectivity index (χ3v) is 5.96. The molecule has 0 saturated carbocycles. The number of rotatable bonds is 4. The molecule has 1 aliphatic rings. The standard InChI is InChI=1S/C26H29FN4O/c1-17(2)23-19(4)28-24(20-7-5-18(3)6-8-20)29-25(23)30-13-15-31(16-14-30)26(32)21-9-11-22(27)12-10-21/h5-12,17H,13-16H2,1-4H3. The first-order valence-corrected chi connectivity index (χ1v) is 11.1. The molecule has 4 rings (SSSR count). The van der Waals surface area contributed by atoms with Crippen molar-refractivity contribution in [1.82, 2.24) is 14.9 Å². The van der Waals surface area contributed by atoms with E-state index in [0.29, 0.717) is 31.7 Å². The summed E-state index contributed by atoms with van der Waals surface area (Å²) in [5.41, 5.74) is 4.86. The molecule has 0 aliphatic carbocycles. The number of aromatic nitrogens is 2. The summed E-state index contributed by atoms with van der Waals surface area (Å²) in [6, 6.07) is 14.0. The third-order valence-electron chi connectivity index (χ3n) is 5.96. The van der Waals surface area contributed by atoms with E-state index in [-0.39, 0.29) is 17.6 Å². The lowest BCUT2D eigenvalue weighted by Gasteiger charge is -2.37. The number of nitrogens with zero attached hydrogens (tertiary/aromatic N) is 4. The maximum absolute atomic E-state index is 13.2. The minimum Gasteiger partial charge on any atom is -0.353 e. The van der Waals surface area contributed by atoms with E-state index >= 15 is 0 Å². The van der Waals surface area contributed by atoms with Gasteiger partial charge in [-0.05, 0) is 44.0 Å². The average Bonchev–Trinajstić information content (AvgIpc) is 2.79. The van der Waals surface area contributed by atoms with Gasteiger partial charge in [0.05, 0.1) is 0 Å². The summed E-state index contributed by atoms with van der Waals surface area (Å²) in [7, 11) is 0. The smallest absolute Gasteiger partial charge is 0.253 e. The molecule has 32 heavy (non-hydrogen) atoms. The minimum absolute atomic E-state index is 0.0621. The van der Waals surface area contributed by atoms with Crippen molar-refractivity contribution in [2.24, 2.45) is 0 Å². The Morgan fingerprint density at radius 2 is 1.53 bits per heavy atom. The molecule has 5 nitrogen and oxygen atoms in total. The van der Waals surface area contributed by atoms with Gasteiger partial charge >= 0.3 is 0 Å². The number of hydrogen-bond donors (Lipinski definition) is 0. The fourth-order valence-corrected chi connectivity index (χ4v) is 4.21. The van der Waals surface area contributed by atoms with Crippen molar-refractivity contribution in [3.8, 4) is 11.4 Å². The predicted octanol–water partition coefficient (Wildman–Crippen LogP) is 4.99. The van der Waals surface area contributed by atoms with Crippen LogP contribution in [0.5, 0.6) is 0 Å². The Kier molecular flexibility index (Phi) is 6.21. The summed E-state index contributed by atoms with van der Waals surface area (Å²) in [4.78, 5) is 26.7. The second-order valence-corrected chi connectivity index (χ2v) is 8.68. The zero-order valence-corrected chi connectivity index (χ0v) is 19.1. The van der Waals surface area contributed by atoms with Crippen LogP contribution in [0.25, 0.3) is 11.4 Å². The summed E-state index contributed by atoms with van der Waals surface area (Å²) >= 11 is 0. The van der Waals surface area contributed by atoms with E-state index in [1.54, 1.807) is 12.1 Å². The number of halogens is 1. The molecule has 1 saturated heterocycles.